The zero-order chi connectivity index (χ0) is 25.7. The minimum Gasteiger partial charge on any atom is -0.399 e. The van der Waals surface area contributed by atoms with Crippen LogP contribution in [0.25, 0.3) is 38.6 Å². The lowest BCUT2D eigenvalue weighted by Gasteiger charge is -2.32. The number of pyridine rings is 1. The van der Waals surface area contributed by atoms with E-state index in [2.05, 4.69) is 118 Å². The second-order valence-electron chi connectivity index (χ2n) is 12.0. The number of rotatable bonds is 2. The summed E-state index contributed by atoms with van der Waals surface area (Å²) in [6.45, 7) is 13.1. The fourth-order valence-corrected chi connectivity index (χ4v) is 6.24. The maximum Gasteiger partial charge on any atom is 0.494 e. The van der Waals surface area contributed by atoms with Gasteiger partial charge in [0.25, 0.3) is 0 Å². The molecule has 1 saturated heterocycles. The Morgan fingerprint density at radius 2 is 1.43 bits per heavy atom. The number of aromatic nitrogens is 2. The van der Waals surface area contributed by atoms with E-state index in [0.717, 1.165) is 16.7 Å². The van der Waals surface area contributed by atoms with Gasteiger partial charge in [0, 0.05) is 28.1 Å². The van der Waals surface area contributed by atoms with Crippen LogP contribution in [0, 0.1) is 0 Å². The normalized spacial score (nSPS) is 18.9. The summed E-state index contributed by atoms with van der Waals surface area (Å²) in [5.74, 6) is 0. The van der Waals surface area contributed by atoms with E-state index in [0.29, 0.717) is 0 Å². The van der Waals surface area contributed by atoms with E-state index in [1.165, 1.54) is 38.5 Å². The van der Waals surface area contributed by atoms with Gasteiger partial charge in [-0.2, -0.15) is 0 Å². The smallest absolute Gasteiger partial charge is 0.399 e. The number of fused-ring (bicyclic) bond motifs is 7. The van der Waals surface area contributed by atoms with Crippen LogP contribution in [0.5, 0.6) is 0 Å². The van der Waals surface area contributed by atoms with Crippen molar-refractivity contribution in [3.8, 4) is 16.8 Å². The lowest BCUT2D eigenvalue weighted by Crippen LogP contribution is -2.41. The summed E-state index contributed by atoms with van der Waals surface area (Å²) in [5.41, 5.74) is 9.05. The zero-order valence-corrected chi connectivity index (χ0v) is 22.3. The monoisotopic (exact) mass is 486 g/mol. The molecule has 2 aliphatic rings. The van der Waals surface area contributed by atoms with Gasteiger partial charge < -0.3 is 13.9 Å². The lowest BCUT2D eigenvalue weighted by molar-refractivity contribution is 0.00578. The maximum atomic E-state index is 6.31. The van der Waals surface area contributed by atoms with Crippen LogP contribution in [-0.2, 0) is 14.7 Å². The van der Waals surface area contributed by atoms with Crippen LogP contribution in [0.4, 0.5) is 0 Å². The molecule has 0 bridgehead atoms. The molecular formula is C32H31BN2O2. The second-order valence-corrected chi connectivity index (χ2v) is 12.0. The summed E-state index contributed by atoms with van der Waals surface area (Å²) in [6.07, 6.45) is 3.87. The van der Waals surface area contributed by atoms with Crippen molar-refractivity contribution in [1.29, 1.82) is 0 Å². The van der Waals surface area contributed by atoms with Crippen molar-refractivity contribution in [1.82, 2.24) is 9.55 Å². The summed E-state index contributed by atoms with van der Waals surface area (Å²) in [7, 11) is -0.378. The molecule has 2 aromatic heterocycles. The summed E-state index contributed by atoms with van der Waals surface area (Å²) in [6, 6.07) is 24.2. The van der Waals surface area contributed by atoms with Gasteiger partial charge in [-0.25, -0.2) is 0 Å². The predicted molar refractivity (Wildman–Crippen MR) is 152 cm³/mol. The topological polar surface area (TPSA) is 36.3 Å². The van der Waals surface area contributed by atoms with Gasteiger partial charge >= 0.3 is 7.12 Å². The molecule has 5 aromatic rings. The molecule has 0 atom stereocenters. The van der Waals surface area contributed by atoms with E-state index in [-0.39, 0.29) is 23.7 Å². The first-order valence-electron chi connectivity index (χ1n) is 13.1. The van der Waals surface area contributed by atoms with Gasteiger partial charge in [0.2, 0.25) is 0 Å². The molecule has 1 fully saturated rings. The van der Waals surface area contributed by atoms with Crippen LogP contribution in [0.15, 0.2) is 79.1 Å². The van der Waals surface area contributed by atoms with Gasteiger partial charge in [0.15, 0.2) is 0 Å². The van der Waals surface area contributed by atoms with Crippen molar-refractivity contribution >= 4 is 34.4 Å². The highest BCUT2D eigenvalue weighted by atomic mass is 16.7. The molecule has 0 N–H and O–H groups in total. The molecule has 0 amide bonds. The minimum atomic E-state index is -0.378. The highest BCUT2D eigenvalue weighted by Gasteiger charge is 2.51. The Morgan fingerprint density at radius 1 is 0.730 bits per heavy atom. The van der Waals surface area contributed by atoms with Crippen molar-refractivity contribution in [2.75, 3.05) is 0 Å². The molecule has 7 rings (SSSR count). The molecule has 4 nitrogen and oxygen atoms in total. The first-order valence-corrected chi connectivity index (χ1v) is 13.1. The maximum absolute atomic E-state index is 6.31. The molecule has 1 aliphatic carbocycles. The fourth-order valence-electron chi connectivity index (χ4n) is 6.24. The van der Waals surface area contributed by atoms with Crippen LogP contribution in [0.1, 0.15) is 52.7 Å². The zero-order valence-electron chi connectivity index (χ0n) is 22.3. The number of nitrogens with zero attached hydrogens (tertiary/aromatic N) is 2. The van der Waals surface area contributed by atoms with E-state index in [4.69, 9.17) is 9.31 Å². The SMILES string of the molecule is CC1(C)c2ccccc2-c2ccc3c4ccncc4n(-c4ccc(B5OC(C)(C)C(C)(C)O5)cc4)c3c21. The van der Waals surface area contributed by atoms with Gasteiger partial charge in [-0.15, -0.1) is 0 Å². The summed E-state index contributed by atoms with van der Waals surface area (Å²) in [4.78, 5) is 4.52. The molecule has 1 aliphatic heterocycles. The van der Waals surface area contributed by atoms with Crippen LogP contribution < -0.4 is 5.46 Å². The van der Waals surface area contributed by atoms with Crippen LogP contribution >= 0.6 is 0 Å². The van der Waals surface area contributed by atoms with Crippen molar-refractivity contribution in [2.24, 2.45) is 0 Å². The molecule has 0 saturated carbocycles. The highest BCUT2D eigenvalue weighted by molar-refractivity contribution is 6.62. The predicted octanol–water partition coefficient (Wildman–Crippen LogP) is 6.78. The Labute approximate surface area is 218 Å². The molecule has 0 unspecified atom stereocenters. The van der Waals surface area contributed by atoms with Crippen molar-refractivity contribution in [2.45, 2.75) is 58.2 Å². The molecular weight excluding hydrogens is 455 g/mol. The van der Waals surface area contributed by atoms with Gasteiger partial charge in [-0.05, 0) is 73.6 Å². The van der Waals surface area contributed by atoms with E-state index in [1.807, 2.05) is 12.4 Å². The van der Waals surface area contributed by atoms with Crippen molar-refractivity contribution < 1.29 is 9.31 Å². The first kappa shape index (κ1) is 22.8. The number of benzene rings is 3. The van der Waals surface area contributed by atoms with Gasteiger partial charge in [-0.3, -0.25) is 4.98 Å². The Morgan fingerprint density at radius 3 is 2.16 bits per heavy atom. The van der Waals surface area contributed by atoms with E-state index in [9.17, 15) is 0 Å². The third kappa shape index (κ3) is 3.02. The third-order valence-electron chi connectivity index (χ3n) is 8.92. The molecule has 184 valence electrons. The Hall–Kier alpha value is -3.41. The van der Waals surface area contributed by atoms with Crippen LogP contribution in [0.2, 0.25) is 0 Å². The number of hydrogen-bond donors (Lipinski definition) is 0. The summed E-state index contributed by atoms with van der Waals surface area (Å²) < 4.78 is 15.0. The van der Waals surface area contributed by atoms with E-state index < -0.39 is 0 Å². The van der Waals surface area contributed by atoms with Crippen LogP contribution in [-0.4, -0.2) is 27.9 Å². The molecule has 0 spiro atoms. The molecule has 3 heterocycles. The first-order chi connectivity index (χ1) is 17.6. The summed E-state index contributed by atoms with van der Waals surface area (Å²) >= 11 is 0. The average Bonchev–Trinajstić information content (AvgIpc) is 3.41. The largest absolute Gasteiger partial charge is 0.494 e. The van der Waals surface area contributed by atoms with Gasteiger partial charge in [-0.1, -0.05) is 62.4 Å². The van der Waals surface area contributed by atoms with E-state index >= 15 is 0 Å². The Balaban J connectivity index is 1.45. The van der Waals surface area contributed by atoms with Crippen molar-refractivity contribution in [3.05, 3.63) is 90.3 Å². The molecule has 0 radical (unpaired) electrons. The Bertz CT molecular complexity index is 1700. The summed E-state index contributed by atoms with van der Waals surface area (Å²) in [5, 5.41) is 2.47. The second kappa shape index (κ2) is 7.34. The molecule has 37 heavy (non-hydrogen) atoms. The molecule has 5 heteroatoms. The van der Waals surface area contributed by atoms with E-state index in [1.54, 1.807) is 0 Å². The fraction of sp³-hybridized carbons (Fsp3) is 0.281. The minimum absolute atomic E-state index is 0.117. The highest BCUT2D eigenvalue weighted by Crippen LogP contribution is 2.52. The van der Waals surface area contributed by atoms with Crippen molar-refractivity contribution in [3.63, 3.8) is 0 Å². The van der Waals surface area contributed by atoms with Gasteiger partial charge in [0.05, 0.1) is 28.4 Å². The van der Waals surface area contributed by atoms with Gasteiger partial charge in [0.1, 0.15) is 0 Å². The quantitative estimate of drug-likeness (QED) is 0.258. The lowest BCUT2D eigenvalue weighted by atomic mass is 9.79. The average molecular weight is 486 g/mol. The third-order valence-corrected chi connectivity index (χ3v) is 8.92. The molecule has 3 aromatic carbocycles. The Kier molecular flexibility index (Phi) is 4.51. The van der Waals surface area contributed by atoms with Crippen LogP contribution in [0.3, 0.4) is 0 Å². The number of hydrogen-bond acceptors (Lipinski definition) is 3. The standard InChI is InChI=1S/C32H31BN2O2/c1-30(2)26-10-8-7-9-22(26)24-15-16-25-23-17-18-34-19-27(23)35(29(25)28(24)30)21-13-11-20(12-14-21)33-36-31(3,4)32(5,6)37-33/h7-19H,1-6H3.